The Morgan fingerprint density at radius 2 is 1.89 bits per heavy atom. The van der Waals surface area contributed by atoms with E-state index in [4.69, 9.17) is 25.8 Å². The maximum atomic E-state index is 12.6. The van der Waals surface area contributed by atoms with Crippen LogP contribution in [0.2, 0.25) is 5.02 Å². The second kappa shape index (κ2) is 9.17. The van der Waals surface area contributed by atoms with Gasteiger partial charge < -0.3 is 24.4 Å². The Morgan fingerprint density at radius 3 is 2.57 bits per heavy atom. The van der Waals surface area contributed by atoms with Crippen LogP contribution in [0, 0.1) is 0 Å². The number of amides is 1. The first-order chi connectivity index (χ1) is 13.5. The Morgan fingerprint density at radius 1 is 1.11 bits per heavy atom. The van der Waals surface area contributed by atoms with Gasteiger partial charge in [-0.2, -0.15) is 0 Å². The van der Waals surface area contributed by atoms with E-state index in [9.17, 15) is 4.79 Å². The number of hydrogen-bond acceptors (Lipinski definition) is 4. The van der Waals surface area contributed by atoms with Gasteiger partial charge in [-0.05, 0) is 30.3 Å². The highest BCUT2D eigenvalue weighted by Crippen LogP contribution is 2.31. The van der Waals surface area contributed by atoms with Crippen LogP contribution in [0.4, 0.5) is 5.69 Å². The molecule has 1 saturated heterocycles. The molecular formula is C21H26ClN2O4+. The van der Waals surface area contributed by atoms with E-state index >= 15 is 0 Å². The molecule has 2 aromatic carbocycles. The van der Waals surface area contributed by atoms with Crippen molar-refractivity contribution in [1.82, 2.24) is 0 Å². The molecule has 3 rings (SSSR count). The van der Waals surface area contributed by atoms with Crippen molar-refractivity contribution in [3.05, 3.63) is 47.0 Å². The quantitative estimate of drug-likeness (QED) is 0.743. The summed E-state index contributed by atoms with van der Waals surface area (Å²) in [7, 11) is 4.86. The molecule has 6 nitrogen and oxygen atoms in total. The van der Waals surface area contributed by atoms with Crippen molar-refractivity contribution in [2.24, 2.45) is 0 Å². The van der Waals surface area contributed by atoms with Crippen molar-refractivity contribution in [1.29, 1.82) is 0 Å². The summed E-state index contributed by atoms with van der Waals surface area (Å²) in [5, 5.41) is 3.40. The zero-order valence-corrected chi connectivity index (χ0v) is 17.1. The van der Waals surface area contributed by atoms with Gasteiger partial charge in [0.1, 0.15) is 23.3 Å². The van der Waals surface area contributed by atoms with Gasteiger partial charge in [0.05, 0.1) is 38.5 Å². The van der Waals surface area contributed by atoms with Crippen LogP contribution in [0.3, 0.4) is 0 Å². The summed E-state index contributed by atoms with van der Waals surface area (Å²) in [5.41, 5.74) is 1.77. The van der Waals surface area contributed by atoms with E-state index in [0.717, 1.165) is 36.4 Å². The Labute approximate surface area is 170 Å². The zero-order valence-electron chi connectivity index (χ0n) is 16.4. The third kappa shape index (κ3) is 4.51. The normalized spacial score (nSPS) is 18.6. The molecule has 28 heavy (non-hydrogen) atoms. The third-order valence-electron chi connectivity index (χ3n) is 5.12. The summed E-state index contributed by atoms with van der Waals surface area (Å²) in [5.74, 6) is 2.09. The van der Waals surface area contributed by atoms with Crippen molar-refractivity contribution in [3.8, 4) is 17.2 Å². The summed E-state index contributed by atoms with van der Waals surface area (Å²) in [6, 6.07) is 11.3. The number of anilines is 1. The fourth-order valence-corrected chi connectivity index (χ4v) is 4.02. The summed E-state index contributed by atoms with van der Waals surface area (Å²) in [6.07, 6.45) is 2.08. The van der Waals surface area contributed by atoms with Gasteiger partial charge >= 0.3 is 0 Å². The van der Waals surface area contributed by atoms with Crippen LogP contribution in [0.25, 0.3) is 0 Å². The second-order valence-electron chi connectivity index (χ2n) is 6.79. The van der Waals surface area contributed by atoms with Crippen molar-refractivity contribution in [2.45, 2.75) is 18.9 Å². The Bertz CT molecular complexity index is 843. The maximum absolute atomic E-state index is 12.6. The van der Waals surface area contributed by atoms with Gasteiger partial charge in [-0.1, -0.05) is 11.6 Å². The van der Waals surface area contributed by atoms with Crippen LogP contribution in [-0.4, -0.2) is 40.3 Å². The standard InChI is InChI=1S/C21H25ClN2O4/c1-26-15-7-8-16(20(12-15)28-3)18-5-4-10-24(18)13-21(25)23-14-6-9-19(27-2)17(22)11-14/h6-9,11-12,18H,4-5,10,13H2,1-3H3,(H,23,25)/p+1/t18-/m1/s1. The fourth-order valence-electron chi connectivity index (χ4n) is 3.76. The van der Waals surface area contributed by atoms with Crippen LogP contribution >= 0.6 is 11.6 Å². The van der Waals surface area contributed by atoms with E-state index in [1.54, 1.807) is 39.5 Å². The van der Waals surface area contributed by atoms with Gasteiger partial charge in [0.2, 0.25) is 0 Å². The zero-order chi connectivity index (χ0) is 20.1. The highest BCUT2D eigenvalue weighted by molar-refractivity contribution is 6.32. The van der Waals surface area contributed by atoms with Crippen molar-refractivity contribution >= 4 is 23.2 Å². The molecule has 1 fully saturated rings. The Hall–Kier alpha value is -2.44. The minimum atomic E-state index is -0.0457. The van der Waals surface area contributed by atoms with Crippen LogP contribution < -0.4 is 24.4 Å². The Balaban J connectivity index is 1.70. The molecule has 0 aliphatic carbocycles. The minimum Gasteiger partial charge on any atom is -0.497 e. The molecule has 0 bridgehead atoms. The first kappa shape index (κ1) is 20.3. The number of quaternary nitrogens is 1. The molecular weight excluding hydrogens is 380 g/mol. The topological polar surface area (TPSA) is 61.2 Å². The lowest BCUT2D eigenvalue weighted by atomic mass is 10.0. The highest BCUT2D eigenvalue weighted by Gasteiger charge is 2.33. The summed E-state index contributed by atoms with van der Waals surface area (Å²) >= 11 is 6.14. The number of nitrogens with one attached hydrogen (secondary N) is 2. The van der Waals surface area contributed by atoms with Crippen LogP contribution in [0.1, 0.15) is 24.4 Å². The first-order valence-electron chi connectivity index (χ1n) is 9.25. The minimum absolute atomic E-state index is 0.0457. The van der Waals surface area contributed by atoms with Gasteiger partial charge in [0.25, 0.3) is 5.91 Å². The molecule has 150 valence electrons. The Kier molecular flexibility index (Phi) is 6.65. The smallest absolute Gasteiger partial charge is 0.279 e. The van der Waals surface area contributed by atoms with Crippen molar-refractivity contribution in [3.63, 3.8) is 0 Å². The predicted molar refractivity (Wildman–Crippen MR) is 109 cm³/mol. The number of ether oxygens (including phenoxy) is 3. The average molecular weight is 406 g/mol. The maximum Gasteiger partial charge on any atom is 0.279 e. The highest BCUT2D eigenvalue weighted by atomic mass is 35.5. The number of benzene rings is 2. The molecule has 0 spiro atoms. The molecule has 2 atom stereocenters. The molecule has 0 radical (unpaired) electrons. The SMILES string of the molecule is COc1ccc([C@H]2CCC[NH+]2CC(=O)Nc2ccc(OC)c(Cl)c2)c(OC)c1. The van der Waals surface area contributed by atoms with Gasteiger partial charge in [-0.25, -0.2) is 0 Å². The molecule has 1 aliphatic heterocycles. The van der Waals surface area contributed by atoms with Crippen molar-refractivity contribution < 1.29 is 23.9 Å². The monoisotopic (exact) mass is 405 g/mol. The average Bonchev–Trinajstić information content (AvgIpc) is 3.15. The molecule has 0 saturated carbocycles. The molecule has 1 aliphatic rings. The summed E-state index contributed by atoms with van der Waals surface area (Å²) < 4.78 is 16.0. The second-order valence-corrected chi connectivity index (χ2v) is 7.19. The molecule has 1 heterocycles. The molecule has 2 aromatic rings. The van der Waals surface area contributed by atoms with Crippen LogP contribution in [0.15, 0.2) is 36.4 Å². The van der Waals surface area contributed by atoms with E-state index in [2.05, 4.69) is 5.32 Å². The fraction of sp³-hybridized carbons (Fsp3) is 0.381. The predicted octanol–water partition coefficient (Wildman–Crippen LogP) is 2.72. The number of rotatable bonds is 7. The lowest BCUT2D eigenvalue weighted by Gasteiger charge is -2.23. The van der Waals surface area contributed by atoms with Crippen molar-refractivity contribution in [2.75, 3.05) is 39.7 Å². The molecule has 1 unspecified atom stereocenters. The largest absolute Gasteiger partial charge is 0.497 e. The van der Waals surface area contributed by atoms with E-state index in [1.807, 2.05) is 18.2 Å². The first-order valence-corrected chi connectivity index (χ1v) is 9.63. The van der Waals surface area contributed by atoms with E-state index < -0.39 is 0 Å². The number of carbonyl (C=O) groups is 1. The van der Waals surface area contributed by atoms with E-state index in [1.165, 1.54) is 4.90 Å². The van der Waals surface area contributed by atoms with E-state index in [-0.39, 0.29) is 11.9 Å². The molecule has 2 N–H and O–H groups in total. The van der Waals surface area contributed by atoms with Gasteiger partial charge in [-0.3, -0.25) is 4.79 Å². The third-order valence-corrected chi connectivity index (χ3v) is 5.42. The summed E-state index contributed by atoms with van der Waals surface area (Å²) in [4.78, 5) is 13.8. The van der Waals surface area contributed by atoms with Crippen LogP contribution in [0.5, 0.6) is 17.2 Å². The number of hydrogen-bond donors (Lipinski definition) is 2. The summed E-state index contributed by atoms with van der Waals surface area (Å²) in [6.45, 7) is 1.32. The lowest BCUT2D eigenvalue weighted by Crippen LogP contribution is -3.11. The number of carbonyl (C=O) groups excluding carboxylic acids is 1. The van der Waals surface area contributed by atoms with Gasteiger partial charge in [0.15, 0.2) is 6.54 Å². The van der Waals surface area contributed by atoms with E-state index in [0.29, 0.717) is 23.0 Å². The molecule has 0 aromatic heterocycles. The number of halogens is 1. The lowest BCUT2D eigenvalue weighted by molar-refractivity contribution is -0.910. The van der Waals surface area contributed by atoms with Gasteiger partial charge in [-0.15, -0.1) is 0 Å². The van der Waals surface area contributed by atoms with Crippen LogP contribution in [-0.2, 0) is 4.79 Å². The van der Waals surface area contributed by atoms with Gasteiger partial charge in [0, 0.05) is 24.6 Å². The number of likely N-dealkylation sites (tertiary alicyclic amines) is 1. The number of methoxy groups -OCH3 is 3. The molecule has 7 heteroatoms. The molecule has 1 amide bonds.